The van der Waals surface area contributed by atoms with Gasteiger partial charge in [-0.05, 0) is 6.92 Å². The Kier molecular flexibility index (Phi) is 4.05. The maximum absolute atomic E-state index is 11.1. The first-order valence-corrected chi connectivity index (χ1v) is 6.91. The zero-order valence-electron chi connectivity index (χ0n) is 9.97. The second-order valence-corrected chi connectivity index (χ2v) is 5.71. The Morgan fingerprint density at radius 3 is 2.78 bits per heavy atom. The smallest absolute Gasteiger partial charge is 0.347 e. The summed E-state index contributed by atoms with van der Waals surface area (Å²) in [6.07, 6.45) is 0.577. The van der Waals surface area contributed by atoms with Gasteiger partial charge in [-0.3, -0.25) is 0 Å². The molecule has 0 aliphatic carbocycles. The van der Waals surface area contributed by atoms with Gasteiger partial charge in [0.05, 0.1) is 23.7 Å². The van der Waals surface area contributed by atoms with Crippen LogP contribution in [0, 0.1) is 6.92 Å². The lowest BCUT2D eigenvalue weighted by atomic mass is 10.4. The third kappa shape index (κ3) is 2.92. The summed E-state index contributed by atoms with van der Waals surface area (Å²) in [5, 5.41) is 12.8. The average Bonchev–Trinajstić information content (AvgIpc) is 2.87. The molecule has 0 aromatic carbocycles. The van der Waals surface area contributed by atoms with Crippen molar-refractivity contribution in [2.24, 2.45) is 0 Å². The predicted molar refractivity (Wildman–Crippen MR) is 69.4 cm³/mol. The van der Waals surface area contributed by atoms with Gasteiger partial charge in [-0.2, -0.15) is 0 Å². The number of ether oxygens (including phenoxy) is 1. The summed E-state index contributed by atoms with van der Waals surface area (Å²) in [6, 6.07) is 0. The number of nitrogens with zero attached hydrogens (tertiary/aromatic N) is 2. The zero-order chi connectivity index (χ0) is 13.1. The van der Waals surface area contributed by atoms with Crippen molar-refractivity contribution >= 4 is 28.6 Å². The topological polar surface area (TPSA) is 72.3 Å². The number of hydrogen-bond donors (Lipinski definition) is 1. The number of carboxylic acid groups (broad SMARTS) is 1. The number of methoxy groups -OCH3 is 1. The lowest BCUT2D eigenvalue weighted by molar-refractivity contribution is 0.0697. The molecule has 0 aliphatic rings. The lowest BCUT2D eigenvalue weighted by Crippen LogP contribution is -1.99. The minimum Gasteiger partial charge on any atom is -0.477 e. The molecular formula is C11H12N2O3S2. The molecule has 2 rings (SSSR count). The van der Waals surface area contributed by atoms with Gasteiger partial charge >= 0.3 is 5.97 Å². The fraction of sp³-hybridized carbons (Fsp3) is 0.364. The highest BCUT2D eigenvalue weighted by atomic mass is 32.1. The minimum absolute atomic E-state index is 0.217. The Morgan fingerprint density at radius 1 is 1.44 bits per heavy atom. The quantitative estimate of drug-likeness (QED) is 0.912. The molecule has 0 unspecified atom stereocenters. The molecule has 0 aliphatic heterocycles. The summed E-state index contributed by atoms with van der Waals surface area (Å²) in [6.45, 7) is 2.15. The third-order valence-corrected chi connectivity index (χ3v) is 4.24. The number of carboxylic acids is 1. The highest BCUT2D eigenvalue weighted by Crippen LogP contribution is 2.23. The van der Waals surface area contributed by atoms with Gasteiger partial charge in [0.2, 0.25) is 0 Å². The molecule has 2 aromatic heterocycles. The second-order valence-electron chi connectivity index (χ2n) is 3.68. The molecule has 5 nitrogen and oxygen atoms in total. The molecule has 96 valence electrons. The fourth-order valence-corrected chi connectivity index (χ4v) is 3.27. The van der Waals surface area contributed by atoms with E-state index in [2.05, 4.69) is 9.97 Å². The molecule has 0 saturated heterocycles. The minimum atomic E-state index is -0.957. The Bertz CT molecular complexity index is 562. The van der Waals surface area contributed by atoms with E-state index in [4.69, 9.17) is 9.84 Å². The lowest BCUT2D eigenvalue weighted by Gasteiger charge is -1.94. The van der Waals surface area contributed by atoms with Crippen LogP contribution in [-0.4, -0.2) is 28.2 Å². The van der Waals surface area contributed by atoms with Gasteiger partial charge in [-0.25, -0.2) is 14.8 Å². The van der Waals surface area contributed by atoms with Gasteiger partial charge in [0.25, 0.3) is 0 Å². The predicted octanol–water partition coefficient (Wildman–Crippen LogP) is 2.34. The number of aromatic nitrogens is 2. The van der Waals surface area contributed by atoms with E-state index in [1.165, 1.54) is 18.4 Å². The summed E-state index contributed by atoms with van der Waals surface area (Å²) in [5.41, 5.74) is 1.46. The first kappa shape index (κ1) is 13.1. The van der Waals surface area contributed by atoms with E-state index in [9.17, 15) is 4.79 Å². The molecule has 0 radical (unpaired) electrons. The van der Waals surface area contributed by atoms with Gasteiger partial charge < -0.3 is 9.84 Å². The van der Waals surface area contributed by atoms with Gasteiger partial charge in [0, 0.05) is 18.2 Å². The van der Waals surface area contributed by atoms with Crippen molar-refractivity contribution in [3.05, 3.63) is 31.7 Å². The van der Waals surface area contributed by atoms with E-state index in [-0.39, 0.29) is 11.5 Å². The molecule has 1 N–H and O–H groups in total. The van der Waals surface area contributed by atoms with E-state index >= 15 is 0 Å². The summed E-state index contributed by atoms with van der Waals surface area (Å²) < 4.78 is 4.95. The van der Waals surface area contributed by atoms with E-state index in [1.807, 2.05) is 12.3 Å². The van der Waals surface area contributed by atoms with E-state index in [0.29, 0.717) is 12.1 Å². The number of aromatic carboxylic acids is 1. The van der Waals surface area contributed by atoms with Gasteiger partial charge in [0.15, 0.2) is 0 Å². The normalized spacial score (nSPS) is 10.8. The monoisotopic (exact) mass is 284 g/mol. The molecule has 0 bridgehead atoms. The summed E-state index contributed by atoms with van der Waals surface area (Å²) >= 11 is 2.75. The molecule has 0 spiro atoms. The maximum Gasteiger partial charge on any atom is 0.347 e. The molecule has 18 heavy (non-hydrogen) atoms. The van der Waals surface area contributed by atoms with Gasteiger partial charge in [-0.15, -0.1) is 22.7 Å². The van der Waals surface area contributed by atoms with Crippen molar-refractivity contribution in [2.75, 3.05) is 7.11 Å². The van der Waals surface area contributed by atoms with Crippen molar-refractivity contribution in [3.63, 3.8) is 0 Å². The summed E-state index contributed by atoms with van der Waals surface area (Å²) in [5.74, 6) is -0.957. The van der Waals surface area contributed by atoms with Crippen molar-refractivity contribution in [1.29, 1.82) is 0 Å². The van der Waals surface area contributed by atoms with Crippen LogP contribution in [0.25, 0.3) is 0 Å². The molecule has 0 amide bonds. The maximum atomic E-state index is 11.1. The van der Waals surface area contributed by atoms with Crippen LogP contribution >= 0.6 is 22.7 Å². The van der Waals surface area contributed by atoms with Crippen LogP contribution in [0.1, 0.15) is 31.1 Å². The Labute approximate surface area is 112 Å². The average molecular weight is 284 g/mol. The number of rotatable bonds is 5. The van der Waals surface area contributed by atoms with Crippen LogP contribution in [0.2, 0.25) is 0 Å². The molecule has 0 atom stereocenters. The molecular weight excluding hydrogens is 272 g/mol. The molecule has 0 fully saturated rings. The number of thiazole rings is 2. The largest absolute Gasteiger partial charge is 0.477 e. The van der Waals surface area contributed by atoms with Crippen LogP contribution < -0.4 is 0 Å². The Morgan fingerprint density at radius 2 is 2.22 bits per heavy atom. The van der Waals surface area contributed by atoms with Crippen molar-refractivity contribution in [2.45, 2.75) is 20.0 Å². The first-order valence-electron chi connectivity index (χ1n) is 5.22. The highest BCUT2D eigenvalue weighted by molar-refractivity contribution is 7.14. The Balaban J connectivity index is 2.23. The van der Waals surface area contributed by atoms with Crippen LogP contribution in [0.15, 0.2) is 5.38 Å². The van der Waals surface area contributed by atoms with Crippen molar-refractivity contribution in [3.8, 4) is 0 Å². The molecule has 2 heterocycles. The van der Waals surface area contributed by atoms with Crippen molar-refractivity contribution < 1.29 is 14.6 Å². The molecule has 7 heteroatoms. The van der Waals surface area contributed by atoms with Crippen LogP contribution in [0.4, 0.5) is 0 Å². The van der Waals surface area contributed by atoms with Crippen molar-refractivity contribution in [1.82, 2.24) is 9.97 Å². The van der Waals surface area contributed by atoms with Gasteiger partial charge in [0.1, 0.15) is 9.88 Å². The summed E-state index contributed by atoms with van der Waals surface area (Å²) in [7, 11) is 1.52. The number of aryl methyl sites for hydroxylation is 1. The van der Waals surface area contributed by atoms with E-state index in [0.717, 1.165) is 15.7 Å². The van der Waals surface area contributed by atoms with Crippen LogP contribution in [0.3, 0.4) is 0 Å². The SMILES string of the molecule is COCc1nc(Cc2nc(C)cs2)sc1C(=O)O. The summed E-state index contributed by atoms with van der Waals surface area (Å²) in [4.78, 5) is 20.0. The van der Waals surface area contributed by atoms with E-state index < -0.39 is 5.97 Å². The zero-order valence-corrected chi connectivity index (χ0v) is 11.6. The fourth-order valence-electron chi connectivity index (χ4n) is 1.49. The number of carbonyl (C=O) groups is 1. The molecule has 2 aromatic rings. The van der Waals surface area contributed by atoms with Crippen LogP contribution in [-0.2, 0) is 17.8 Å². The van der Waals surface area contributed by atoms with Crippen LogP contribution in [0.5, 0.6) is 0 Å². The van der Waals surface area contributed by atoms with Gasteiger partial charge in [-0.1, -0.05) is 0 Å². The second kappa shape index (κ2) is 5.55. The first-order chi connectivity index (χ1) is 8.60. The van der Waals surface area contributed by atoms with E-state index in [1.54, 1.807) is 11.3 Å². The third-order valence-electron chi connectivity index (χ3n) is 2.19. The Hall–Kier alpha value is -1.31. The molecule has 0 saturated carbocycles. The highest BCUT2D eigenvalue weighted by Gasteiger charge is 2.17. The standard InChI is InChI=1S/C11H12N2O3S2/c1-6-5-17-8(12-6)3-9-13-7(4-16-2)10(18-9)11(14)15/h5H,3-4H2,1-2H3,(H,14,15). The number of hydrogen-bond acceptors (Lipinski definition) is 6.